The number of aliphatic imine (C=N–C) groups is 1. The average molecular weight is 501 g/mol. The summed E-state index contributed by atoms with van der Waals surface area (Å²) in [5.74, 6) is -0.916. The number of rotatable bonds is 5. The number of halogens is 2. The Labute approximate surface area is 179 Å². The van der Waals surface area contributed by atoms with Gasteiger partial charge in [0.1, 0.15) is 5.71 Å². The molecule has 0 unspecified atom stereocenters. The summed E-state index contributed by atoms with van der Waals surface area (Å²) in [4.78, 5) is 33.6. The van der Waals surface area contributed by atoms with E-state index in [1.54, 1.807) is 48.8 Å². The van der Waals surface area contributed by atoms with Gasteiger partial charge in [-0.3, -0.25) is 14.6 Å². The number of hydrogen-bond acceptors (Lipinski definition) is 3. The molecule has 7 heteroatoms. The van der Waals surface area contributed by atoms with Crippen molar-refractivity contribution in [2.24, 2.45) is 4.99 Å². The lowest BCUT2D eigenvalue weighted by Gasteiger charge is -2.09. The Balaban J connectivity index is 1.88. The largest absolute Gasteiger partial charge is 0.321 e. The van der Waals surface area contributed by atoms with E-state index in [-0.39, 0.29) is 12.1 Å². The van der Waals surface area contributed by atoms with Crippen molar-refractivity contribution in [1.29, 1.82) is 0 Å². The smallest absolute Gasteiger partial charge is 0.277 e. The molecule has 28 heavy (non-hydrogen) atoms. The fourth-order valence-corrected chi connectivity index (χ4v) is 3.08. The Bertz CT molecular complexity index is 1020. The van der Waals surface area contributed by atoms with E-state index in [1.807, 2.05) is 24.3 Å². The van der Waals surface area contributed by atoms with Gasteiger partial charge in [0.15, 0.2) is 0 Å². The molecule has 0 fully saturated rings. The number of amides is 2. The number of nitrogens with one attached hydrogen (secondary N) is 1. The number of benzene rings is 2. The summed E-state index contributed by atoms with van der Waals surface area (Å²) in [6, 6.07) is 17.7. The summed E-state index contributed by atoms with van der Waals surface area (Å²) in [7, 11) is 0. The SMILES string of the molecule is O=C(Nc1ccc(Br)cc1)C(Cc1cccnc1)=NC(=O)c1cccc(Br)c1. The van der Waals surface area contributed by atoms with Crippen LogP contribution in [-0.2, 0) is 11.2 Å². The van der Waals surface area contributed by atoms with Crippen molar-refractivity contribution in [3.63, 3.8) is 0 Å². The molecule has 0 radical (unpaired) electrons. The van der Waals surface area contributed by atoms with Gasteiger partial charge in [0, 0.05) is 39.0 Å². The molecule has 2 aromatic carbocycles. The maximum absolute atomic E-state index is 12.8. The number of aromatic nitrogens is 1. The Morgan fingerprint density at radius 3 is 2.43 bits per heavy atom. The van der Waals surface area contributed by atoms with Crippen molar-refractivity contribution in [2.75, 3.05) is 5.32 Å². The van der Waals surface area contributed by atoms with Crippen LogP contribution in [0.3, 0.4) is 0 Å². The minimum Gasteiger partial charge on any atom is -0.321 e. The van der Waals surface area contributed by atoms with Crippen LogP contribution in [0, 0.1) is 0 Å². The third-order valence-electron chi connectivity index (χ3n) is 3.77. The van der Waals surface area contributed by atoms with Crippen LogP contribution in [-0.4, -0.2) is 22.5 Å². The molecule has 0 aliphatic heterocycles. The highest BCUT2D eigenvalue weighted by Gasteiger charge is 2.16. The first-order chi connectivity index (χ1) is 13.5. The number of pyridine rings is 1. The second kappa shape index (κ2) is 9.52. The van der Waals surface area contributed by atoms with Crippen molar-refractivity contribution in [1.82, 2.24) is 4.98 Å². The molecule has 0 aliphatic carbocycles. The average Bonchev–Trinajstić information content (AvgIpc) is 2.70. The van der Waals surface area contributed by atoms with E-state index in [2.05, 4.69) is 47.2 Å². The molecule has 1 aromatic heterocycles. The van der Waals surface area contributed by atoms with Gasteiger partial charge < -0.3 is 5.32 Å². The zero-order valence-corrected chi connectivity index (χ0v) is 17.8. The van der Waals surface area contributed by atoms with E-state index in [1.165, 1.54) is 0 Å². The zero-order chi connectivity index (χ0) is 19.9. The van der Waals surface area contributed by atoms with Crippen LogP contribution in [0.25, 0.3) is 0 Å². The topological polar surface area (TPSA) is 71.4 Å². The summed E-state index contributed by atoms with van der Waals surface area (Å²) in [5.41, 5.74) is 1.91. The highest BCUT2D eigenvalue weighted by atomic mass is 79.9. The molecule has 1 N–H and O–H groups in total. The molecule has 0 aliphatic rings. The maximum Gasteiger partial charge on any atom is 0.277 e. The predicted octanol–water partition coefficient (Wildman–Crippen LogP) is 5.07. The van der Waals surface area contributed by atoms with Gasteiger partial charge in [-0.15, -0.1) is 0 Å². The standard InChI is InChI=1S/C21H15Br2N3O2/c22-16-6-8-18(9-7-16)25-21(28)19(11-14-3-2-10-24-13-14)26-20(27)15-4-1-5-17(23)12-15/h1-10,12-13H,11H2,(H,25,28). The Morgan fingerprint density at radius 2 is 1.75 bits per heavy atom. The first kappa shape index (κ1) is 20.1. The molecule has 1 heterocycles. The van der Waals surface area contributed by atoms with Crippen molar-refractivity contribution in [2.45, 2.75) is 6.42 Å². The number of carbonyl (C=O) groups excluding carboxylic acids is 2. The van der Waals surface area contributed by atoms with E-state index >= 15 is 0 Å². The number of anilines is 1. The van der Waals surface area contributed by atoms with Gasteiger partial charge >= 0.3 is 0 Å². The quantitative estimate of drug-likeness (QED) is 0.497. The molecule has 140 valence electrons. The molecule has 3 aromatic rings. The third-order valence-corrected chi connectivity index (χ3v) is 4.79. The van der Waals surface area contributed by atoms with Gasteiger partial charge in [0.25, 0.3) is 11.8 Å². The van der Waals surface area contributed by atoms with Crippen LogP contribution in [0.4, 0.5) is 5.69 Å². The first-order valence-electron chi connectivity index (χ1n) is 8.34. The Kier molecular flexibility index (Phi) is 6.84. The van der Waals surface area contributed by atoms with Crippen molar-refractivity contribution in [3.05, 3.63) is 93.1 Å². The van der Waals surface area contributed by atoms with Crippen LogP contribution >= 0.6 is 31.9 Å². The number of nitrogens with zero attached hydrogens (tertiary/aromatic N) is 2. The highest BCUT2D eigenvalue weighted by molar-refractivity contribution is 9.10. The van der Waals surface area contributed by atoms with Gasteiger partial charge in [-0.2, -0.15) is 0 Å². The van der Waals surface area contributed by atoms with Crippen LogP contribution in [0.1, 0.15) is 15.9 Å². The molecule has 3 rings (SSSR count). The van der Waals surface area contributed by atoms with E-state index < -0.39 is 11.8 Å². The van der Waals surface area contributed by atoms with E-state index in [0.717, 1.165) is 14.5 Å². The monoisotopic (exact) mass is 499 g/mol. The van der Waals surface area contributed by atoms with Crippen LogP contribution in [0.5, 0.6) is 0 Å². The summed E-state index contributed by atoms with van der Waals surface area (Å²) >= 11 is 6.69. The second-order valence-corrected chi connectivity index (χ2v) is 7.70. The van der Waals surface area contributed by atoms with E-state index in [0.29, 0.717) is 11.3 Å². The number of carbonyl (C=O) groups is 2. The zero-order valence-electron chi connectivity index (χ0n) is 14.6. The molecule has 2 amide bonds. The molecular weight excluding hydrogens is 486 g/mol. The molecule has 0 bridgehead atoms. The van der Waals surface area contributed by atoms with Crippen molar-refractivity contribution < 1.29 is 9.59 Å². The molecule has 0 spiro atoms. The van der Waals surface area contributed by atoms with Crippen LogP contribution < -0.4 is 5.32 Å². The minimum atomic E-state index is -0.480. The van der Waals surface area contributed by atoms with Gasteiger partial charge in [-0.05, 0) is 54.1 Å². The van der Waals surface area contributed by atoms with Gasteiger partial charge in [-0.25, -0.2) is 4.99 Å². The molecule has 0 saturated carbocycles. The lowest BCUT2D eigenvalue weighted by molar-refractivity contribution is -0.110. The lowest BCUT2D eigenvalue weighted by atomic mass is 10.1. The van der Waals surface area contributed by atoms with Crippen molar-refractivity contribution >= 4 is 55.1 Å². The fourth-order valence-electron chi connectivity index (χ4n) is 2.41. The fraction of sp³-hybridized carbons (Fsp3) is 0.0476. The first-order valence-corrected chi connectivity index (χ1v) is 9.93. The third kappa shape index (κ3) is 5.68. The highest BCUT2D eigenvalue weighted by Crippen LogP contribution is 2.15. The lowest BCUT2D eigenvalue weighted by Crippen LogP contribution is -2.26. The Hall–Kier alpha value is -2.64. The van der Waals surface area contributed by atoms with Crippen LogP contribution in [0.2, 0.25) is 0 Å². The molecule has 0 saturated heterocycles. The summed E-state index contributed by atoms with van der Waals surface area (Å²) in [6.07, 6.45) is 3.48. The summed E-state index contributed by atoms with van der Waals surface area (Å²) < 4.78 is 1.67. The summed E-state index contributed by atoms with van der Waals surface area (Å²) in [5, 5.41) is 2.79. The summed E-state index contributed by atoms with van der Waals surface area (Å²) in [6.45, 7) is 0. The van der Waals surface area contributed by atoms with Gasteiger partial charge in [-0.1, -0.05) is 44.0 Å². The van der Waals surface area contributed by atoms with E-state index in [4.69, 9.17) is 0 Å². The molecular formula is C21H15Br2N3O2. The molecule has 5 nitrogen and oxygen atoms in total. The maximum atomic E-state index is 12.8. The minimum absolute atomic E-state index is 0.112. The molecule has 0 atom stereocenters. The van der Waals surface area contributed by atoms with Gasteiger partial charge in [0.2, 0.25) is 0 Å². The number of hydrogen-bond donors (Lipinski definition) is 1. The second-order valence-electron chi connectivity index (χ2n) is 5.87. The Morgan fingerprint density at radius 1 is 0.964 bits per heavy atom. The van der Waals surface area contributed by atoms with Crippen LogP contribution in [0.15, 0.2) is 87.0 Å². The normalized spacial score (nSPS) is 11.1. The predicted molar refractivity (Wildman–Crippen MR) is 117 cm³/mol. The van der Waals surface area contributed by atoms with Gasteiger partial charge in [0.05, 0.1) is 0 Å². The van der Waals surface area contributed by atoms with Crippen molar-refractivity contribution in [3.8, 4) is 0 Å². The van der Waals surface area contributed by atoms with E-state index in [9.17, 15) is 9.59 Å².